The number of carbonyl (C=O) groups excluding carboxylic acids is 1. The smallest absolute Gasteiger partial charge is 0.310 e. The van der Waals surface area contributed by atoms with Crippen molar-refractivity contribution in [1.29, 1.82) is 0 Å². The molecule has 1 N–H and O–H groups in total. The van der Waals surface area contributed by atoms with E-state index < -0.39 is 0 Å². The Morgan fingerprint density at radius 1 is 1.60 bits per heavy atom. The molecule has 4 atom stereocenters. The minimum Gasteiger partial charge on any atom is -0.465 e. The van der Waals surface area contributed by atoms with Gasteiger partial charge < -0.3 is 10.1 Å². The maximum atomic E-state index is 11.7. The summed E-state index contributed by atoms with van der Waals surface area (Å²) >= 11 is 0. The molecule has 3 fully saturated rings. The van der Waals surface area contributed by atoms with E-state index in [1.165, 1.54) is 6.42 Å². The first-order chi connectivity index (χ1) is 7.22. The third-order valence-corrected chi connectivity index (χ3v) is 3.70. The van der Waals surface area contributed by atoms with Crippen molar-refractivity contribution in [1.82, 2.24) is 5.32 Å². The number of hydrogen-bond acceptors (Lipinski definition) is 3. The van der Waals surface area contributed by atoms with Crippen molar-refractivity contribution >= 4 is 5.97 Å². The highest BCUT2D eigenvalue weighted by molar-refractivity contribution is 5.75. The fourth-order valence-corrected chi connectivity index (χ4v) is 2.73. The fourth-order valence-electron chi connectivity index (χ4n) is 2.73. The first-order valence-electron chi connectivity index (χ1n) is 6.12. The van der Waals surface area contributed by atoms with Gasteiger partial charge in [0.25, 0.3) is 0 Å². The zero-order valence-electron chi connectivity index (χ0n) is 9.66. The molecule has 4 unspecified atom stereocenters. The van der Waals surface area contributed by atoms with Crippen LogP contribution in [0.3, 0.4) is 0 Å². The Bertz CT molecular complexity index is 228. The summed E-state index contributed by atoms with van der Waals surface area (Å²) in [6.45, 7) is 5.91. The molecule has 0 aromatic heterocycles. The maximum absolute atomic E-state index is 11.7. The molecule has 3 rings (SSSR count). The lowest BCUT2D eigenvalue weighted by Crippen LogP contribution is -2.43. The van der Waals surface area contributed by atoms with Crippen LogP contribution in [0.2, 0.25) is 0 Å². The van der Waals surface area contributed by atoms with Crippen LogP contribution in [0, 0.1) is 17.8 Å². The van der Waals surface area contributed by atoms with Crippen molar-refractivity contribution in [3.05, 3.63) is 0 Å². The highest BCUT2D eigenvalue weighted by Gasteiger charge is 2.51. The highest BCUT2D eigenvalue weighted by atomic mass is 16.5. The number of carbonyl (C=O) groups is 1. The molecule has 0 aromatic carbocycles. The molecule has 3 aliphatic rings. The van der Waals surface area contributed by atoms with Crippen molar-refractivity contribution < 1.29 is 9.53 Å². The molecule has 2 aliphatic heterocycles. The lowest BCUT2D eigenvalue weighted by molar-refractivity contribution is -0.155. The van der Waals surface area contributed by atoms with Crippen molar-refractivity contribution in [3.8, 4) is 0 Å². The van der Waals surface area contributed by atoms with E-state index in [1.54, 1.807) is 0 Å². The van der Waals surface area contributed by atoms with Crippen molar-refractivity contribution in [2.45, 2.75) is 39.2 Å². The van der Waals surface area contributed by atoms with Gasteiger partial charge in [-0.2, -0.15) is 0 Å². The summed E-state index contributed by atoms with van der Waals surface area (Å²) in [4.78, 5) is 11.7. The largest absolute Gasteiger partial charge is 0.465 e. The first-order valence-corrected chi connectivity index (χ1v) is 6.12. The molecule has 1 aliphatic carbocycles. The molecule has 86 valence electrons. The zero-order valence-corrected chi connectivity index (χ0v) is 9.66. The Balaban J connectivity index is 1.69. The summed E-state index contributed by atoms with van der Waals surface area (Å²) in [5.74, 6) is 1.26. The Morgan fingerprint density at radius 3 is 2.93 bits per heavy atom. The molecule has 3 nitrogen and oxygen atoms in total. The summed E-state index contributed by atoms with van der Waals surface area (Å²) in [5.41, 5.74) is 0. The quantitative estimate of drug-likeness (QED) is 0.702. The molecule has 0 aromatic rings. The van der Waals surface area contributed by atoms with E-state index in [2.05, 4.69) is 19.2 Å². The van der Waals surface area contributed by atoms with E-state index in [0.29, 0.717) is 24.5 Å². The molecule has 15 heavy (non-hydrogen) atoms. The Labute approximate surface area is 91.6 Å². The van der Waals surface area contributed by atoms with Gasteiger partial charge in [-0.3, -0.25) is 4.79 Å². The van der Waals surface area contributed by atoms with Gasteiger partial charge in [-0.15, -0.1) is 0 Å². The summed E-state index contributed by atoms with van der Waals surface area (Å²) in [5, 5.41) is 3.34. The van der Waals surface area contributed by atoms with E-state index in [0.717, 1.165) is 19.4 Å². The van der Waals surface area contributed by atoms with Crippen LogP contribution < -0.4 is 5.32 Å². The molecule has 2 heterocycles. The van der Waals surface area contributed by atoms with Crippen LogP contribution in [0.25, 0.3) is 0 Å². The van der Waals surface area contributed by atoms with Gasteiger partial charge >= 0.3 is 5.97 Å². The Kier molecular flexibility index (Phi) is 3.29. The maximum Gasteiger partial charge on any atom is 0.310 e. The van der Waals surface area contributed by atoms with Crippen molar-refractivity contribution in [3.63, 3.8) is 0 Å². The highest BCUT2D eigenvalue weighted by Crippen LogP contribution is 2.40. The Hall–Kier alpha value is -0.570. The van der Waals surface area contributed by atoms with Gasteiger partial charge in [0.1, 0.15) is 0 Å². The molecular formula is C12H21NO2. The second-order valence-corrected chi connectivity index (χ2v) is 5.06. The molecule has 0 amide bonds. The molecular weight excluding hydrogens is 190 g/mol. The summed E-state index contributed by atoms with van der Waals surface area (Å²) < 4.78 is 5.36. The van der Waals surface area contributed by atoms with Crippen LogP contribution in [0.5, 0.6) is 0 Å². The summed E-state index contributed by atoms with van der Waals surface area (Å²) in [6, 6.07) is 0.420. The van der Waals surface area contributed by atoms with Gasteiger partial charge in [0.05, 0.1) is 12.5 Å². The van der Waals surface area contributed by atoms with Gasteiger partial charge in [0, 0.05) is 6.04 Å². The van der Waals surface area contributed by atoms with Crippen LogP contribution in [-0.4, -0.2) is 25.2 Å². The van der Waals surface area contributed by atoms with Gasteiger partial charge in [-0.1, -0.05) is 20.3 Å². The number of hydrogen-bond donors (Lipinski definition) is 1. The topological polar surface area (TPSA) is 38.3 Å². The minimum atomic E-state index is 0.0317. The van der Waals surface area contributed by atoms with Gasteiger partial charge in [-0.05, 0) is 31.2 Å². The van der Waals surface area contributed by atoms with E-state index in [9.17, 15) is 4.79 Å². The fraction of sp³-hybridized carbons (Fsp3) is 0.917. The van der Waals surface area contributed by atoms with Crippen LogP contribution in [0.1, 0.15) is 33.1 Å². The predicted octanol–water partition coefficient (Wildman–Crippen LogP) is 1.57. The molecule has 2 bridgehead atoms. The lowest BCUT2D eigenvalue weighted by atomic mass is 9.74. The lowest BCUT2D eigenvalue weighted by Gasteiger charge is -2.32. The Morgan fingerprint density at radius 2 is 2.40 bits per heavy atom. The predicted molar refractivity (Wildman–Crippen MR) is 58.4 cm³/mol. The van der Waals surface area contributed by atoms with E-state index in [1.807, 2.05) is 0 Å². The second kappa shape index (κ2) is 4.52. The van der Waals surface area contributed by atoms with Gasteiger partial charge in [0.2, 0.25) is 0 Å². The van der Waals surface area contributed by atoms with Crippen LogP contribution >= 0.6 is 0 Å². The third-order valence-electron chi connectivity index (χ3n) is 3.70. The number of fused-ring (bicyclic) bond motifs is 1. The number of rotatable bonds is 5. The normalized spacial score (nSPS) is 34.7. The molecule has 3 heteroatoms. The zero-order chi connectivity index (χ0) is 10.8. The van der Waals surface area contributed by atoms with E-state index >= 15 is 0 Å². The van der Waals surface area contributed by atoms with E-state index in [-0.39, 0.29) is 11.9 Å². The van der Waals surface area contributed by atoms with Crippen molar-refractivity contribution in [2.75, 3.05) is 13.2 Å². The van der Waals surface area contributed by atoms with Crippen LogP contribution in [-0.2, 0) is 9.53 Å². The molecule has 0 spiro atoms. The molecule has 1 saturated carbocycles. The first kappa shape index (κ1) is 10.9. The van der Waals surface area contributed by atoms with Crippen LogP contribution in [0.4, 0.5) is 0 Å². The number of ether oxygens (including phenoxy) is 1. The summed E-state index contributed by atoms with van der Waals surface area (Å²) in [7, 11) is 0. The minimum absolute atomic E-state index is 0.0317. The monoisotopic (exact) mass is 211 g/mol. The van der Waals surface area contributed by atoms with E-state index in [4.69, 9.17) is 4.74 Å². The third kappa shape index (κ3) is 2.17. The van der Waals surface area contributed by atoms with Gasteiger partial charge in [0.15, 0.2) is 0 Å². The van der Waals surface area contributed by atoms with Crippen molar-refractivity contribution in [2.24, 2.45) is 17.8 Å². The molecule has 2 saturated heterocycles. The van der Waals surface area contributed by atoms with Crippen LogP contribution in [0.15, 0.2) is 0 Å². The summed E-state index contributed by atoms with van der Waals surface area (Å²) in [6.07, 6.45) is 3.47. The standard InChI is InChI=1S/C12H21NO2/c1-3-4-8(2)7-15-12(14)11-9-5-10(11)13-6-9/h8-11,13H,3-7H2,1-2H3. The molecule has 0 radical (unpaired) electrons. The number of esters is 1. The average Bonchev–Trinajstić information content (AvgIpc) is 2.76. The second-order valence-electron chi connectivity index (χ2n) is 5.06. The average molecular weight is 211 g/mol. The van der Waals surface area contributed by atoms with Gasteiger partial charge in [-0.25, -0.2) is 0 Å². The SMILES string of the molecule is CCCC(C)COC(=O)C1C2CNC1C2. The number of nitrogens with one attached hydrogen (secondary N) is 1.